The minimum Gasteiger partial charge on any atom is -0.481 e. The van der Waals surface area contributed by atoms with Crippen molar-refractivity contribution in [3.8, 4) is 11.5 Å². The van der Waals surface area contributed by atoms with Crippen LogP contribution in [0.2, 0.25) is 0 Å². The topological polar surface area (TPSA) is 130 Å². The number of nitrogens with zero attached hydrogens (tertiary/aromatic N) is 1. The van der Waals surface area contributed by atoms with Gasteiger partial charge in [0.1, 0.15) is 18.0 Å². The molecule has 1 saturated carbocycles. The first-order valence-electron chi connectivity index (χ1n) is 9.93. The summed E-state index contributed by atoms with van der Waals surface area (Å²) in [6, 6.07) is 16.1. The van der Waals surface area contributed by atoms with Crippen LogP contribution in [-0.4, -0.2) is 52.6 Å². The lowest BCUT2D eigenvalue weighted by molar-refractivity contribution is -0.172. The molecule has 0 radical (unpaired) electrons. The molecule has 3 unspecified atom stereocenters. The van der Waals surface area contributed by atoms with Crippen LogP contribution in [0.5, 0.6) is 11.5 Å². The monoisotopic (exact) mass is 441 g/mol. The maximum atomic E-state index is 13.0. The molecule has 0 aromatic heterocycles. The molecule has 9 nitrogen and oxygen atoms in total. The van der Waals surface area contributed by atoms with Crippen LogP contribution in [0.1, 0.15) is 12.0 Å². The number of carboxylic acid groups (broad SMARTS) is 2. The van der Waals surface area contributed by atoms with Gasteiger partial charge in [0.25, 0.3) is 0 Å². The first-order valence-corrected chi connectivity index (χ1v) is 9.93. The van der Waals surface area contributed by atoms with E-state index in [9.17, 15) is 24.3 Å². The zero-order valence-corrected chi connectivity index (χ0v) is 17.3. The van der Waals surface area contributed by atoms with E-state index in [0.29, 0.717) is 17.1 Å². The van der Waals surface area contributed by atoms with Crippen LogP contribution in [-0.2, 0) is 30.5 Å². The summed E-state index contributed by atoms with van der Waals surface area (Å²) in [5.41, 5.74) is 0.684. The molecule has 1 aliphatic rings. The first-order chi connectivity index (χ1) is 15.3. The molecule has 2 aromatic carbocycles. The van der Waals surface area contributed by atoms with Crippen LogP contribution < -0.4 is 4.74 Å². The first kappa shape index (κ1) is 22.8. The van der Waals surface area contributed by atoms with Gasteiger partial charge >= 0.3 is 17.9 Å². The molecule has 0 bridgehead atoms. The van der Waals surface area contributed by atoms with E-state index in [0.717, 1.165) is 0 Å². The average molecular weight is 441 g/mol. The smallest absolute Gasteiger partial charge is 0.325 e. The van der Waals surface area contributed by atoms with Gasteiger partial charge in [0.05, 0.1) is 24.9 Å². The third kappa shape index (κ3) is 5.23. The number of methoxy groups -OCH3 is 1. The number of ether oxygens (including phenoxy) is 2. The quantitative estimate of drug-likeness (QED) is 0.568. The van der Waals surface area contributed by atoms with E-state index in [-0.39, 0.29) is 19.5 Å². The summed E-state index contributed by atoms with van der Waals surface area (Å²) in [5, 5.41) is 18.6. The number of rotatable bonds is 9. The Morgan fingerprint density at radius 1 is 0.906 bits per heavy atom. The number of hydrogen-bond donors (Lipinski definition) is 2. The number of aliphatic carboxylic acids is 2. The number of carbonyl (C=O) groups excluding carboxylic acids is 2. The summed E-state index contributed by atoms with van der Waals surface area (Å²) in [7, 11) is 1.19. The highest BCUT2D eigenvalue weighted by Crippen LogP contribution is 2.42. The molecule has 0 saturated heterocycles. The molecular formula is C23H23NO8. The van der Waals surface area contributed by atoms with Crippen molar-refractivity contribution in [1.82, 2.24) is 4.90 Å². The average Bonchev–Trinajstić information content (AvgIpc) is 2.73. The maximum absolute atomic E-state index is 13.0. The second-order valence-corrected chi connectivity index (χ2v) is 7.48. The van der Waals surface area contributed by atoms with Crippen molar-refractivity contribution in [2.24, 2.45) is 17.8 Å². The molecular weight excluding hydrogens is 418 g/mol. The number of para-hydroxylation sites is 1. The molecule has 1 fully saturated rings. The summed E-state index contributed by atoms with van der Waals surface area (Å²) < 4.78 is 10.4. The Hall–Kier alpha value is -3.88. The van der Waals surface area contributed by atoms with Crippen LogP contribution in [0.25, 0.3) is 0 Å². The van der Waals surface area contributed by atoms with Gasteiger partial charge in [-0.25, -0.2) is 0 Å². The lowest BCUT2D eigenvalue weighted by Crippen LogP contribution is -2.54. The highest BCUT2D eigenvalue weighted by Gasteiger charge is 2.54. The van der Waals surface area contributed by atoms with Crippen LogP contribution in [0.4, 0.5) is 0 Å². The van der Waals surface area contributed by atoms with Crippen LogP contribution in [0.3, 0.4) is 0 Å². The Morgan fingerprint density at radius 3 is 2.09 bits per heavy atom. The fourth-order valence-corrected chi connectivity index (χ4v) is 3.68. The van der Waals surface area contributed by atoms with Crippen molar-refractivity contribution < 1.29 is 38.9 Å². The fraction of sp³-hybridized carbons (Fsp3) is 0.304. The Kier molecular flexibility index (Phi) is 7.09. The standard InChI is InChI=1S/C23H23NO8/c1-31-19(25)13-24(21(26)17-11-18(22(27)28)20(17)23(29)30)12-14-7-9-16(10-8-14)32-15-5-3-2-4-6-15/h2-10,17-18,20H,11-13H2,1H3,(H,27,28)(H,29,30). The van der Waals surface area contributed by atoms with Crippen LogP contribution in [0.15, 0.2) is 54.6 Å². The Balaban J connectivity index is 1.73. The molecule has 168 valence electrons. The normalized spacial score (nSPS) is 19.3. The second-order valence-electron chi connectivity index (χ2n) is 7.48. The number of carbonyl (C=O) groups is 4. The lowest BCUT2D eigenvalue weighted by atomic mass is 9.64. The molecule has 1 amide bonds. The number of esters is 1. The number of amides is 1. The molecule has 0 spiro atoms. The second kappa shape index (κ2) is 9.95. The van der Waals surface area contributed by atoms with Crippen LogP contribution in [0, 0.1) is 17.8 Å². The predicted molar refractivity (Wildman–Crippen MR) is 111 cm³/mol. The molecule has 32 heavy (non-hydrogen) atoms. The molecule has 2 N–H and O–H groups in total. The van der Waals surface area contributed by atoms with Crippen molar-refractivity contribution in [3.05, 3.63) is 60.2 Å². The van der Waals surface area contributed by atoms with E-state index >= 15 is 0 Å². The van der Waals surface area contributed by atoms with Crippen molar-refractivity contribution >= 4 is 23.8 Å². The molecule has 3 atom stereocenters. The molecule has 0 heterocycles. The van der Waals surface area contributed by atoms with Crippen LogP contribution >= 0.6 is 0 Å². The zero-order valence-electron chi connectivity index (χ0n) is 17.3. The maximum Gasteiger partial charge on any atom is 0.325 e. The Morgan fingerprint density at radius 2 is 1.53 bits per heavy atom. The summed E-state index contributed by atoms with van der Waals surface area (Å²) in [6.45, 7) is -0.349. The van der Waals surface area contributed by atoms with E-state index in [4.69, 9.17) is 9.84 Å². The van der Waals surface area contributed by atoms with Gasteiger partial charge in [-0.1, -0.05) is 30.3 Å². The largest absolute Gasteiger partial charge is 0.481 e. The highest BCUT2D eigenvalue weighted by molar-refractivity contribution is 5.92. The predicted octanol–water partition coefficient (Wildman–Crippen LogP) is 2.40. The third-order valence-corrected chi connectivity index (χ3v) is 5.43. The summed E-state index contributed by atoms with van der Waals surface area (Å²) >= 11 is 0. The lowest BCUT2D eigenvalue weighted by Gasteiger charge is -2.40. The van der Waals surface area contributed by atoms with E-state index in [1.165, 1.54) is 12.0 Å². The van der Waals surface area contributed by atoms with Gasteiger partial charge in [-0.15, -0.1) is 0 Å². The molecule has 2 aromatic rings. The van der Waals surface area contributed by atoms with E-state index in [1.807, 2.05) is 30.3 Å². The van der Waals surface area contributed by atoms with Gasteiger partial charge in [0.15, 0.2) is 0 Å². The Labute approximate surface area is 184 Å². The highest BCUT2D eigenvalue weighted by atomic mass is 16.5. The van der Waals surface area contributed by atoms with E-state index in [2.05, 4.69) is 4.74 Å². The van der Waals surface area contributed by atoms with Gasteiger partial charge in [-0.3, -0.25) is 19.2 Å². The van der Waals surface area contributed by atoms with Crippen molar-refractivity contribution in [2.45, 2.75) is 13.0 Å². The van der Waals surface area contributed by atoms with Gasteiger partial charge < -0.3 is 24.6 Å². The summed E-state index contributed by atoms with van der Waals surface area (Å²) in [4.78, 5) is 48.8. The van der Waals surface area contributed by atoms with Crippen molar-refractivity contribution in [1.29, 1.82) is 0 Å². The van der Waals surface area contributed by atoms with Gasteiger partial charge in [0.2, 0.25) is 5.91 Å². The van der Waals surface area contributed by atoms with Gasteiger partial charge in [-0.05, 0) is 36.2 Å². The fourth-order valence-electron chi connectivity index (χ4n) is 3.68. The summed E-state index contributed by atoms with van der Waals surface area (Å²) in [5.74, 6) is -6.08. The molecule has 9 heteroatoms. The number of carboxylic acids is 2. The third-order valence-electron chi connectivity index (χ3n) is 5.43. The zero-order chi connectivity index (χ0) is 23.3. The SMILES string of the molecule is COC(=O)CN(Cc1ccc(Oc2ccccc2)cc1)C(=O)C1CC(C(=O)O)C1C(=O)O. The number of hydrogen-bond acceptors (Lipinski definition) is 6. The minimum absolute atomic E-state index is 0.0279. The molecule has 0 aliphatic heterocycles. The number of benzene rings is 2. The van der Waals surface area contributed by atoms with E-state index in [1.54, 1.807) is 24.3 Å². The van der Waals surface area contributed by atoms with E-state index < -0.39 is 41.6 Å². The van der Waals surface area contributed by atoms with Crippen molar-refractivity contribution in [3.63, 3.8) is 0 Å². The molecule has 1 aliphatic carbocycles. The Bertz CT molecular complexity index is 989. The molecule has 3 rings (SSSR count). The summed E-state index contributed by atoms with van der Waals surface area (Å²) in [6.07, 6.45) is -0.0906. The van der Waals surface area contributed by atoms with Gasteiger partial charge in [-0.2, -0.15) is 0 Å². The van der Waals surface area contributed by atoms with Gasteiger partial charge in [0, 0.05) is 6.54 Å². The van der Waals surface area contributed by atoms with Crippen molar-refractivity contribution in [2.75, 3.05) is 13.7 Å². The minimum atomic E-state index is -1.34.